The standard InChI is InChI=1S/C19H15N5OS3/c20-17-23-24-19(28-17)27-11-16(25)22-18-21-15(10-26-18)14-8-6-13(7-9-14)12-4-2-1-3-5-12/h1-10H,11H2,(H2,20,23)(H,21,22,25). The largest absolute Gasteiger partial charge is 0.374 e. The van der Waals surface area contributed by atoms with Gasteiger partial charge in [-0.25, -0.2) is 4.98 Å². The highest BCUT2D eigenvalue weighted by Gasteiger charge is 2.10. The van der Waals surface area contributed by atoms with Gasteiger partial charge in [-0.2, -0.15) is 0 Å². The lowest BCUT2D eigenvalue weighted by molar-refractivity contribution is -0.113. The van der Waals surface area contributed by atoms with E-state index >= 15 is 0 Å². The molecule has 0 aliphatic carbocycles. The molecule has 2 aromatic carbocycles. The first-order chi connectivity index (χ1) is 13.7. The molecule has 2 aromatic heterocycles. The van der Waals surface area contributed by atoms with Crippen LogP contribution in [0.2, 0.25) is 0 Å². The number of amides is 1. The zero-order valence-corrected chi connectivity index (χ0v) is 17.0. The molecule has 2 heterocycles. The SMILES string of the molecule is Nc1nnc(SCC(=O)Nc2nc(-c3ccc(-c4ccccc4)cc3)cs2)s1. The van der Waals surface area contributed by atoms with Crippen LogP contribution in [0.1, 0.15) is 0 Å². The number of carbonyl (C=O) groups is 1. The van der Waals surface area contributed by atoms with Gasteiger partial charge in [-0.1, -0.05) is 77.7 Å². The Hall–Kier alpha value is -2.75. The highest BCUT2D eigenvalue weighted by molar-refractivity contribution is 8.01. The summed E-state index contributed by atoms with van der Waals surface area (Å²) in [4.78, 5) is 16.6. The van der Waals surface area contributed by atoms with Gasteiger partial charge in [0.25, 0.3) is 0 Å². The second-order valence-corrected chi connectivity index (χ2v) is 8.81. The predicted molar refractivity (Wildman–Crippen MR) is 117 cm³/mol. The lowest BCUT2D eigenvalue weighted by atomic mass is 10.0. The number of hydrogen-bond acceptors (Lipinski definition) is 8. The number of aromatic nitrogens is 3. The summed E-state index contributed by atoms with van der Waals surface area (Å²) in [5.41, 5.74) is 9.71. The van der Waals surface area contributed by atoms with E-state index in [-0.39, 0.29) is 11.7 Å². The number of benzene rings is 2. The van der Waals surface area contributed by atoms with Crippen LogP contribution in [-0.2, 0) is 4.79 Å². The number of carbonyl (C=O) groups excluding carboxylic acids is 1. The number of nitrogens with two attached hydrogens (primary N) is 1. The fourth-order valence-corrected chi connectivity index (χ4v) is 4.66. The van der Waals surface area contributed by atoms with E-state index in [1.165, 1.54) is 40.0 Å². The highest BCUT2D eigenvalue weighted by Crippen LogP contribution is 2.28. The maximum Gasteiger partial charge on any atom is 0.236 e. The van der Waals surface area contributed by atoms with E-state index in [9.17, 15) is 4.79 Å². The number of rotatable bonds is 6. The minimum Gasteiger partial charge on any atom is -0.374 e. The molecule has 3 N–H and O–H groups in total. The Morgan fingerprint density at radius 1 is 1.00 bits per heavy atom. The molecule has 0 saturated heterocycles. The van der Waals surface area contributed by atoms with Crippen molar-refractivity contribution in [3.8, 4) is 22.4 Å². The number of nitrogen functional groups attached to an aromatic ring is 1. The second kappa shape index (κ2) is 8.51. The van der Waals surface area contributed by atoms with Crippen molar-refractivity contribution in [3.63, 3.8) is 0 Å². The van der Waals surface area contributed by atoms with Crippen LogP contribution >= 0.6 is 34.4 Å². The summed E-state index contributed by atoms with van der Waals surface area (Å²) in [6, 6.07) is 18.5. The van der Waals surface area contributed by atoms with Crippen LogP contribution in [-0.4, -0.2) is 26.8 Å². The van der Waals surface area contributed by atoms with Gasteiger partial charge in [-0.15, -0.1) is 21.5 Å². The fraction of sp³-hybridized carbons (Fsp3) is 0.0526. The number of thioether (sulfide) groups is 1. The number of nitrogens with one attached hydrogen (secondary N) is 1. The van der Waals surface area contributed by atoms with Crippen molar-refractivity contribution in [2.45, 2.75) is 4.34 Å². The zero-order valence-electron chi connectivity index (χ0n) is 14.5. The summed E-state index contributed by atoms with van der Waals surface area (Å²) in [5.74, 6) is 0.0917. The molecule has 9 heteroatoms. The minimum absolute atomic E-state index is 0.140. The summed E-state index contributed by atoms with van der Waals surface area (Å²) < 4.78 is 0.672. The molecule has 0 radical (unpaired) electrons. The number of hydrogen-bond donors (Lipinski definition) is 2. The molecule has 0 bridgehead atoms. The molecule has 4 aromatic rings. The van der Waals surface area contributed by atoms with Gasteiger partial charge in [-0.05, 0) is 11.1 Å². The van der Waals surface area contributed by atoms with Gasteiger partial charge < -0.3 is 11.1 Å². The maximum absolute atomic E-state index is 12.1. The Morgan fingerprint density at radius 3 is 2.43 bits per heavy atom. The summed E-state index contributed by atoms with van der Waals surface area (Å²) in [6.45, 7) is 0. The lowest BCUT2D eigenvalue weighted by Crippen LogP contribution is -2.13. The Bertz CT molecular complexity index is 1080. The van der Waals surface area contributed by atoms with Crippen molar-refractivity contribution in [2.75, 3.05) is 16.8 Å². The van der Waals surface area contributed by atoms with E-state index in [0.29, 0.717) is 14.6 Å². The van der Waals surface area contributed by atoms with E-state index in [2.05, 4.69) is 44.8 Å². The lowest BCUT2D eigenvalue weighted by Gasteiger charge is -2.03. The van der Waals surface area contributed by atoms with Crippen molar-refractivity contribution in [1.82, 2.24) is 15.2 Å². The molecular formula is C19H15N5OS3. The molecule has 0 atom stereocenters. The molecule has 140 valence electrons. The van der Waals surface area contributed by atoms with Crippen molar-refractivity contribution >= 4 is 50.6 Å². The van der Waals surface area contributed by atoms with Crippen LogP contribution < -0.4 is 11.1 Å². The topological polar surface area (TPSA) is 93.8 Å². The Morgan fingerprint density at radius 2 is 1.71 bits per heavy atom. The molecule has 4 rings (SSSR count). The number of anilines is 2. The molecule has 1 amide bonds. The van der Waals surface area contributed by atoms with Crippen molar-refractivity contribution in [1.29, 1.82) is 0 Å². The Kier molecular flexibility index (Phi) is 5.65. The second-order valence-electron chi connectivity index (χ2n) is 5.72. The van der Waals surface area contributed by atoms with E-state index in [1.807, 2.05) is 35.7 Å². The third-order valence-electron chi connectivity index (χ3n) is 3.79. The van der Waals surface area contributed by atoms with Crippen LogP contribution in [0.15, 0.2) is 64.3 Å². The van der Waals surface area contributed by atoms with Gasteiger partial charge in [0, 0.05) is 10.9 Å². The van der Waals surface area contributed by atoms with Gasteiger partial charge in [0.1, 0.15) is 0 Å². The van der Waals surface area contributed by atoms with Crippen LogP contribution in [0, 0.1) is 0 Å². The summed E-state index contributed by atoms with van der Waals surface area (Å²) in [5, 5.41) is 13.3. The molecule has 0 fully saturated rings. The molecule has 28 heavy (non-hydrogen) atoms. The average molecular weight is 426 g/mol. The van der Waals surface area contributed by atoms with Gasteiger partial charge in [0.2, 0.25) is 11.0 Å². The summed E-state index contributed by atoms with van der Waals surface area (Å²) in [6.07, 6.45) is 0. The first kappa shape index (κ1) is 18.6. The summed E-state index contributed by atoms with van der Waals surface area (Å²) >= 11 is 3.96. The van der Waals surface area contributed by atoms with Gasteiger partial charge in [0.05, 0.1) is 11.4 Å². The molecule has 0 spiro atoms. The van der Waals surface area contributed by atoms with E-state index < -0.39 is 0 Å². The quantitative estimate of drug-likeness (QED) is 0.437. The first-order valence-corrected chi connectivity index (χ1v) is 11.0. The van der Waals surface area contributed by atoms with Crippen LogP contribution in [0.3, 0.4) is 0 Å². The fourth-order valence-electron chi connectivity index (χ4n) is 2.49. The molecular weight excluding hydrogens is 410 g/mol. The third-order valence-corrected chi connectivity index (χ3v) is 6.43. The van der Waals surface area contributed by atoms with Crippen LogP contribution in [0.4, 0.5) is 10.3 Å². The monoisotopic (exact) mass is 425 g/mol. The third kappa shape index (κ3) is 4.56. The molecule has 0 aliphatic rings. The smallest absolute Gasteiger partial charge is 0.236 e. The molecule has 6 nitrogen and oxygen atoms in total. The van der Waals surface area contributed by atoms with Gasteiger partial charge >= 0.3 is 0 Å². The van der Waals surface area contributed by atoms with E-state index in [0.717, 1.165) is 16.8 Å². The van der Waals surface area contributed by atoms with Crippen molar-refractivity contribution in [3.05, 3.63) is 60.0 Å². The maximum atomic E-state index is 12.1. The van der Waals surface area contributed by atoms with Crippen LogP contribution in [0.25, 0.3) is 22.4 Å². The molecule has 0 aliphatic heterocycles. The van der Waals surface area contributed by atoms with E-state index in [1.54, 1.807) is 0 Å². The molecule has 0 unspecified atom stereocenters. The number of thiazole rings is 1. The first-order valence-electron chi connectivity index (χ1n) is 8.30. The summed E-state index contributed by atoms with van der Waals surface area (Å²) in [7, 11) is 0. The Balaban J connectivity index is 1.38. The van der Waals surface area contributed by atoms with Gasteiger partial charge in [0.15, 0.2) is 9.47 Å². The predicted octanol–water partition coefficient (Wildman–Crippen LogP) is 4.64. The minimum atomic E-state index is -0.140. The average Bonchev–Trinajstić information content (AvgIpc) is 3.36. The van der Waals surface area contributed by atoms with E-state index in [4.69, 9.17) is 5.73 Å². The van der Waals surface area contributed by atoms with Gasteiger partial charge in [-0.3, -0.25) is 4.79 Å². The molecule has 0 saturated carbocycles. The van der Waals surface area contributed by atoms with Crippen molar-refractivity contribution in [2.24, 2.45) is 0 Å². The zero-order chi connectivity index (χ0) is 19.3. The van der Waals surface area contributed by atoms with Crippen molar-refractivity contribution < 1.29 is 4.79 Å². The highest BCUT2D eigenvalue weighted by atomic mass is 32.2. The van der Waals surface area contributed by atoms with Crippen LogP contribution in [0.5, 0.6) is 0 Å². The number of nitrogens with zero attached hydrogens (tertiary/aromatic N) is 3. The Labute approximate surface area is 173 Å². The normalized spacial score (nSPS) is 10.7.